The van der Waals surface area contributed by atoms with E-state index in [1.807, 2.05) is 12.2 Å². The second kappa shape index (κ2) is 54.5. The number of rotatable bonds is 53. The van der Waals surface area contributed by atoms with Crippen molar-refractivity contribution in [3.63, 3.8) is 0 Å². The zero-order valence-electron chi connectivity index (χ0n) is 49.8. The van der Waals surface area contributed by atoms with Crippen LogP contribution in [0.5, 0.6) is 0 Å². The molecule has 6 unspecified atom stereocenters. The molecule has 6 atom stereocenters. The van der Waals surface area contributed by atoms with E-state index in [2.05, 4.69) is 93.7 Å². The van der Waals surface area contributed by atoms with Gasteiger partial charge in [0.15, 0.2) is 24.6 Å². The smallest absolute Gasteiger partial charge is 0.335 e. The quantitative estimate of drug-likeness (QED) is 0.0228. The maximum absolute atomic E-state index is 13.2. The van der Waals surface area contributed by atoms with Gasteiger partial charge in [0.05, 0.1) is 6.61 Å². The highest BCUT2D eigenvalue weighted by Gasteiger charge is 2.50. The molecular weight excluding hydrogens is 997 g/mol. The predicted molar refractivity (Wildman–Crippen MR) is 321 cm³/mol. The van der Waals surface area contributed by atoms with Crippen LogP contribution in [0, 0.1) is 0 Å². The molecule has 0 aliphatic carbocycles. The lowest BCUT2D eigenvalue weighted by atomic mass is 9.98. The molecule has 12 heteroatoms. The van der Waals surface area contributed by atoms with Crippen LogP contribution in [-0.2, 0) is 42.9 Å². The van der Waals surface area contributed by atoms with Crippen LogP contribution in [0.2, 0.25) is 0 Å². The number of carbonyl (C=O) groups is 4. The van der Waals surface area contributed by atoms with Crippen molar-refractivity contribution in [3.05, 3.63) is 85.1 Å². The molecule has 0 spiro atoms. The number of aliphatic hydroxyl groups is 2. The molecule has 0 aromatic heterocycles. The summed E-state index contributed by atoms with van der Waals surface area (Å²) < 4.78 is 28.4. The van der Waals surface area contributed by atoms with Crippen LogP contribution in [0.15, 0.2) is 85.1 Å². The van der Waals surface area contributed by atoms with Crippen LogP contribution in [0.1, 0.15) is 265 Å². The van der Waals surface area contributed by atoms with Gasteiger partial charge in [-0.3, -0.25) is 14.4 Å². The SMILES string of the molecule is CC/C=C\C/C=C\C/C=C\C/C=C\C/C=C\CCCC(=O)OC1C(OCC(COC(=O)CCCCCCCCC/C=C\CCCCCCCC)OC(=O)CCCCCCC/C=C\CCCCCCCC)OC(C(=O)O)C(O)C1O. The minimum Gasteiger partial charge on any atom is -0.479 e. The molecule has 0 aromatic carbocycles. The lowest BCUT2D eigenvalue weighted by molar-refractivity contribution is -0.301. The van der Waals surface area contributed by atoms with Crippen molar-refractivity contribution < 1.29 is 58.2 Å². The third kappa shape index (κ3) is 44.3. The molecule has 3 N–H and O–H groups in total. The van der Waals surface area contributed by atoms with Crippen molar-refractivity contribution in [2.24, 2.45) is 0 Å². The number of aliphatic carboxylic acids is 1. The molecule has 1 aliphatic heterocycles. The van der Waals surface area contributed by atoms with Gasteiger partial charge < -0.3 is 39.0 Å². The number of unbranched alkanes of at least 4 members (excludes halogenated alkanes) is 25. The number of hydrogen-bond acceptors (Lipinski definition) is 11. The standard InChI is InChI=1S/C67H112O12/c1-4-7-10-13-16-19-22-25-28-30-33-35-38-41-44-47-50-53-59(68)75-56-58(77-60(69)54-51-48-45-42-39-36-32-27-24-21-18-15-12-9-6-3)57-76-67-65(63(72)62(71)64(79-67)66(73)74)78-61(70)55-52-49-46-43-40-37-34-31-29-26-23-20-17-14-11-8-5-2/h8,11,17,20,25-29,32,34,37,43,46,58,62-65,67,71-72H,4-7,9-10,12-16,18-19,21-24,30-31,33,35-36,38-42,44-45,47-57H2,1-3H3,(H,73,74)/b11-8-,20-17-,28-25-,29-26-,32-27-,37-34-,46-43-. The van der Waals surface area contributed by atoms with Crippen molar-refractivity contribution in [1.29, 1.82) is 0 Å². The average Bonchev–Trinajstić information content (AvgIpc) is 3.43. The molecule has 12 nitrogen and oxygen atoms in total. The van der Waals surface area contributed by atoms with Crippen LogP contribution in [0.25, 0.3) is 0 Å². The summed E-state index contributed by atoms with van der Waals surface area (Å²) in [6.07, 6.45) is 58.3. The summed E-state index contributed by atoms with van der Waals surface area (Å²) in [7, 11) is 0. The lowest BCUT2D eigenvalue weighted by Crippen LogP contribution is -2.61. The Hall–Kier alpha value is -4.10. The van der Waals surface area contributed by atoms with Gasteiger partial charge >= 0.3 is 23.9 Å². The highest BCUT2D eigenvalue weighted by molar-refractivity contribution is 5.74. The van der Waals surface area contributed by atoms with Crippen molar-refractivity contribution in [2.75, 3.05) is 13.2 Å². The third-order valence-corrected chi connectivity index (χ3v) is 13.9. The van der Waals surface area contributed by atoms with Crippen LogP contribution >= 0.6 is 0 Å². The summed E-state index contributed by atoms with van der Waals surface area (Å²) in [6, 6.07) is 0. The van der Waals surface area contributed by atoms with Gasteiger partial charge in [-0.25, -0.2) is 4.79 Å². The summed E-state index contributed by atoms with van der Waals surface area (Å²) in [5, 5.41) is 31.5. The number of carboxylic acid groups (broad SMARTS) is 1. The zero-order chi connectivity index (χ0) is 57.5. The fraction of sp³-hybridized carbons (Fsp3) is 0.731. The van der Waals surface area contributed by atoms with Gasteiger partial charge in [-0.05, 0) is 109 Å². The van der Waals surface area contributed by atoms with Crippen LogP contribution in [0.4, 0.5) is 0 Å². The topological polar surface area (TPSA) is 175 Å². The molecule has 0 saturated carbocycles. The number of carboxylic acids is 1. The van der Waals surface area contributed by atoms with E-state index in [0.29, 0.717) is 25.7 Å². The molecule has 0 bridgehead atoms. The summed E-state index contributed by atoms with van der Waals surface area (Å²) in [5.41, 5.74) is 0. The van der Waals surface area contributed by atoms with Gasteiger partial charge in [0.1, 0.15) is 18.8 Å². The first-order chi connectivity index (χ1) is 38.6. The molecule has 79 heavy (non-hydrogen) atoms. The van der Waals surface area contributed by atoms with Gasteiger partial charge in [-0.15, -0.1) is 0 Å². The van der Waals surface area contributed by atoms with Gasteiger partial charge in [0.25, 0.3) is 0 Å². The van der Waals surface area contributed by atoms with E-state index in [4.69, 9.17) is 23.7 Å². The Morgan fingerprint density at radius 2 is 0.810 bits per heavy atom. The lowest BCUT2D eigenvalue weighted by Gasteiger charge is -2.40. The second-order valence-corrected chi connectivity index (χ2v) is 21.3. The molecule has 1 fully saturated rings. The number of aliphatic hydroxyl groups excluding tert-OH is 2. The molecule has 0 amide bonds. The van der Waals surface area contributed by atoms with Gasteiger partial charge in [-0.1, -0.05) is 221 Å². The van der Waals surface area contributed by atoms with E-state index < -0.39 is 67.3 Å². The van der Waals surface area contributed by atoms with Gasteiger partial charge in [0.2, 0.25) is 0 Å². The summed E-state index contributed by atoms with van der Waals surface area (Å²) in [4.78, 5) is 51.2. The average molecular weight is 1110 g/mol. The molecular formula is C67H112O12. The van der Waals surface area contributed by atoms with Crippen LogP contribution < -0.4 is 0 Å². The summed E-state index contributed by atoms with van der Waals surface area (Å²) in [5.74, 6) is -3.21. The van der Waals surface area contributed by atoms with Crippen LogP contribution in [-0.4, -0.2) is 89.2 Å². The highest BCUT2D eigenvalue weighted by atomic mass is 16.7. The van der Waals surface area contributed by atoms with E-state index in [0.717, 1.165) is 96.3 Å². The molecule has 452 valence electrons. The maximum Gasteiger partial charge on any atom is 0.335 e. The second-order valence-electron chi connectivity index (χ2n) is 21.3. The summed E-state index contributed by atoms with van der Waals surface area (Å²) >= 11 is 0. The molecule has 0 aromatic rings. The molecule has 1 aliphatic rings. The Morgan fingerprint density at radius 1 is 0.430 bits per heavy atom. The minimum absolute atomic E-state index is 0.0213. The van der Waals surface area contributed by atoms with E-state index in [1.165, 1.54) is 103 Å². The number of esters is 3. The van der Waals surface area contributed by atoms with Crippen molar-refractivity contribution in [1.82, 2.24) is 0 Å². The molecule has 1 heterocycles. The monoisotopic (exact) mass is 1110 g/mol. The normalized spacial score (nSPS) is 18.4. The molecule has 1 saturated heterocycles. The Bertz CT molecular complexity index is 1700. The number of hydrogen-bond donors (Lipinski definition) is 3. The zero-order valence-corrected chi connectivity index (χ0v) is 49.8. The van der Waals surface area contributed by atoms with E-state index in [9.17, 15) is 34.5 Å². The molecule has 1 rings (SSSR count). The first kappa shape index (κ1) is 72.9. The number of allylic oxidation sites excluding steroid dienone is 14. The van der Waals surface area contributed by atoms with E-state index in [1.54, 1.807) is 0 Å². The largest absolute Gasteiger partial charge is 0.479 e. The fourth-order valence-corrected chi connectivity index (χ4v) is 9.10. The van der Waals surface area contributed by atoms with E-state index >= 15 is 0 Å². The fourth-order valence-electron chi connectivity index (χ4n) is 9.10. The number of ether oxygens (including phenoxy) is 5. The van der Waals surface area contributed by atoms with Crippen LogP contribution in [0.3, 0.4) is 0 Å². The highest BCUT2D eigenvalue weighted by Crippen LogP contribution is 2.26. The van der Waals surface area contributed by atoms with E-state index in [-0.39, 0.29) is 25.9 Å². The maximum atomic E-state index is 13.2. The predicted octanol–water partition coefficient (Wildman–Crippen LogP) is 16.7. The number of carbonyl (C=O) groups excluding carboxylic acids is 3. The summed E-state index contributed by atoms with van der Waals surface area (Å²) in [6.45, 7) is 5.85. The molecule has 0 radical (unpaired) electrons. The minimum atomic E-state index is -1.93. The first-order valence-corrected chi connectivity index (χ1v) is 31.6. The van der Waals surface area contributed by atoms with Gasteiger partial charge in [0, 0.05) is 19.3 Å². The Labute approximate surface area is 480 Å². The Balaban J connectivity index is 2.71. The Kier molecular flexibility index (Phi) is 50.3. The third-order valence-electron chi connectivity index (χ3n) is 13.9. The van der Waals surface area contributed by atoms with Crippen molar-refractivity contribution in [2.45, 2.75) is 302 Å². The van der Waals surface area contributed by atoms with Crippen molar-refractivity contribution >= 4 is 23.9 Å². The van der Waals surface area contributed by atoms with Crippen molar-refractivity contribution in [3.8, 4) is 0 Å². The van der Waals surface area contributed by atoms with Gasteiger partial charge in [-0.2, -0.15) is 0 Å². The first-order valence-electron chi connectivity index (χ1n) is 31.6. The Morgan fingerprint density at radius 3 is 1.27 bits per heavy atom.